The first-order valence-corrected chi connectivity index (χ1v) is 10.4. The van der Waals surface area contributed by atoms with Crippen LogP contribution in [0.1, 0.15) is 6.92 Å². The van der Waals surface area contributed by atoms with E-state index in [2.05, 4.69) is 19.1 Å². The average molecular weight is 354 g/mol. The maximum atomic E-state index is 6.50. The van der Waals surface area contributed by atoms with Gasteiger partial charge < -0.3 is 0 Å². The summed E-state index contributed by atoms with van der Waals surface area (Å²) in [6.45, 7) is 2.12. The van der Waals surface area contributed by atoms with Crippen molar-refractivity contribution in [2.75, 3.05) is 13.3 Å². The van der Waals surface area contributed by atoms with E-state index in [0.717, 1.165) is 28.7 Å². The third kappa shape index (κ3) is 4.12. The molecule has 0 aromatic heterocycles. The zero-order valence-corrected chi connectivity index (χ0v) is 15.5. The first-order chi connectivity index (χ1) is 12.3. The molecular weight excluding hydrogens is 331 g/mol. The number of methoxy groups -OCH3 is 1. The number of para-hydroxylation sites is 1. The van der Waals surface area contributed by atoms with Crippen LogP contribution in [0.2, 0.25) is 0 Å². The standard InChI is InChI=1S/C21H23O3P/c1-3-25(21-12-8-5-9-13-21,23-19-10-6-4-7-11-19)24-20-16-14-18(22-2)15-17-20/h4-17,25H,3H2,1-2H3. The van der Waals surface area contributed by atoms with Crippen molar-refractivity contribution in [3.05, 3.63) is 84.9 Å². The fourth-order valence-corrected chi connectivity index (χ4v) is 5.40. The summed E-state index contributed by atoms with van der Waals surface area (Å²) in [6, 6.07) is 27.8. The third-order valence-electron chi connectivity index (χ3n) is 4.05. The molecule has 3 nitrogen and oxygen atoms in total. The summed E-state index contributed by atoms with van der Waals surface area (Å²) in [5.41, 5.74) is 0. The van der Waals surface area contributed by atoms with Crippen LogP contribution in [0.3, 0.4) is 0 Å². The first kappa shape index (κ1) is 17.3. The molecule has 0 fully saturated rings. The van der Waals surface area contributed by atoms with E-state index in [9.17, 15) is 0 Å². The van der Waals surface area contributed by atoms with Crippen molar-refractivity contribution in [3.8, 4) is 17.2 Å². The van der Waals surface area contributed by atoms with Gasteiger partial charge in [-0.05, 0) is 0 Å². The summed E-state index contributed by atoms with van der Waals surface area (Å²) in [6.07, 6.45) is 0.790. The molecule has 0 aliphatic rings. The van der Waals surface area contributed by atoms with Gasteiger partial charge in [0.05, 0.1) is 0 Å². The Morgan fingerprint density at radius 2 is 1.12 bits per heavy atom. The van der Waals surface area contributed by atoms with E-state index < -0.39 is 7.72 Å². The van der Waals surface area contributed by atoms with Gasteiger partial charge in [0.25, 0.3) is 0 Å². The molecule has 0 saturated heterocycles. The molecular formula is C21H23O3P. The fraction of sp³-hybridized carbons (Fsp3) is 0.143. The van der Waals surface area contributed by atoms with Crippen molar-refractivity contribution < 1.29 is 13.8 Å². The normalized spacial score (nSPS) is 11.6. The summed E-state index contributed by atoms with van der Waals surface area (Å²) in [5.74, 6) is 2.42. The van der Waals surface area contributed by atoms with Gasteiger partial charge in [0.2, 0.25) is 0 Å². The maximum absolute atomic E-state index is 6.50. The van der Waals surface area contributed by atoms with E-state index in [1.807, 2.05) is 72.8 Å². The van der Waals surface area contributed by atoms with Crippen molar-refractivity contribution in [2.24, 2.45) is 0 Å². The van der Waals surface area contributed by atoms with Crippen molar-refractivity contribution in [1.29, 1.82) is 0 Å². The number of hydrogen-bond donors (Lipinski definition) is 0. The molecule has 0 spiro atoms. The van der Waals surface area contributed by atoms with Gasteiger partial charge in [-0.3, -0.25) is 0 Å². The molecule has 3 aromatic rings. The summed E-state index contributed by atoms with van der Waals surface area (Å²) < 4.78 is 18.2. The van der Waals surface area contributed by atoms with Crippen LogP contribution >= 0.6 is 7.72 Å². The molecule has 0 N–H and O–H groups in total. The Morgan fingerprint density at radius 1 is 0.640 bits per heavy atom. The molecule has 0 aliphatic heterocycles. The zero-order valence-electron chi connectivity index (χ0n) is 14.5. The van der Waals surface area contributed by atoms with Crippen LogP contribution < -0.4 is 19.1 Å². The molecule has 0 aliphatic carbocycles. The SMILES string of the molecule is CC[PH](Oc1ccccc1)(Oc1ccc(OC)cc1)c1ccccc1. The Labute approximate surface area is 149 Å². The van der Waals surface area contributed by atoms with E-state index in [1.165, 1.54) is 0 Å². The van der Waals surface area contributed by atoms with E-state index in [-0.39, 0.29) is 0 Å². The molecule has 0 unspecified atom stereocenters. The third-order valence-corrected chi connectivity index (χ3v) is 7.32. The average Bonchev–Trinajstić information content (AvgIpc) is 2.69. The van der Waals surface area contributed by atoms with Gasteiger partial charge in [-0.25, -0.2) is 0 Å². The second-order valence-corrected chi connectivity index (χ2v) is 8.86. The minimum absolute atomic E-state index is 0.786. The second kappa shape index (κ2) is 8.04. The Kier molecular flexibility index (Phi) is 5.57. The molecule has 25 heavy (non-hydrogen) atoms. The molecule has 130 valence electrons. The molecule has 0 amide bonds. The number of hydrogen-bond acceptors (Lipinski definition) is 3. The summed E-state index contributed by atoms with van der Waals surface area (Å²) >= 11 is 0. The van der Waals surface area contributed by atoms with Gasteiger partial charge in [-0.15, -0.1) is 0 Å². The zero-order chi connectivity index (χ0) is 17.5. The topological polar surface area (TPSA) is 27.7 Å². The van der Waals surface area contributed by atoms with Gasteiger partial charge in [-0.2, -0.15) is 0 Å². The van der Waals surface area contributed by atoms with Gasteiger partial charge in [0.15, 0.2) is 0 Å². The first-order valence-electron chi connectivity index (χ1n) is 8.38. The van der Waals surface area contributed by atoms with Crippen LogP contribution in [0.4, 0.5) is 0 Å². The number of benzene rings is 3. The van der Waals surface area contributed by atoms with E-state index in [0.29, 0.717) is 0 Å². The second-order valence-electron chi connectivity index (χ2n) is 5.67. The summed E-state index contributed by atoms with van der Waals surface area (Å²) in [4.78, 5) is 0. The van der Waals surface area contributed by atoms with Gasteiger partial charge in [-0.1, -0.05) is 0 Å². The predicted molar refractivity (Wildman–Crippen MR) is 106 cm³/mol. The van der Waals surface area contributed by atoms with E-state index in [1.54, 1.807) is 7.11 Å². The monoisotopic (exact) mass is 354 g/mol. The van der Waals surface area contributed by atoms with Crippen molar-refractivity contribution in [3.63, 3.8) is 0 Å². The number of ether oxygens (including phenoxy) is 1. The molecule has 3 rings (SSSR count). The Hall–Kier alpha value is -2.51. The fourth-order valence-electron chi connectivity index (χ4n) is 2.69. The molecule has 3 aromatic carbocycles. The summed E-state index contributed by atoms with van der Waals surface area (Å²) in [7, 11) is -1.04. The summed E-state index contributed by atoms with van der Waals surface area (Å²) in [5, 5.41) is 1.11. The predicted octanol–water partition coefficient (Wildman–Crippen LogP) is 5.08. The molecule has 4 heteroatoms. The van der Waals surface area contributed by atoms with Crippen molar-refractivity contribution >= 4 is 13.0 Å². The van der Waals surface area contributed by atoms with Crippen LogP contribution in [0.25, 0.3) is 0 Å². The minimum atomic E-state index is -2.70. The van der Waals surface area contributed by atoms with Crippen LogP contribution in [-0.4, -0.2) is 13.3 Å². The molecule has 0 saturated carbocycles. The van der Waals surface area contributed by atoms with Crippen LogP contribution in [0.15, 0.2) is 84.9 Å². The van der Waals surface area contributed by atoms with Gasteiger partial charge >= 0.3 is 149 Å². The Balaban J connectivity index is 1.97. The van der Waals surface area contributed by atoms with Crippen LogP contribution in [0, 0.1) is 0 Å². The molecule has 0 heterocycles. The van der Waals surface area contributed by atoms with Crippen molar-refractivity contribution in [1.82, 2.24) is 0 Å². The van der Waals surface area contributed by atoms with E-state index in [4.69, 9.17) is 13.8 Å². The van der Waals surface area contributed by atoms with Gasteiger partial charge in [0.1, 0.15) is 0 Å². The van der Waals surface area contributed by atoms with Gasteiger partial charge in [0, 0.05) is 0 Å². The molecule has 0 bridgehead atoms. The van der Waals surface area contributed by atoms with Crippen LogP contribution in [0.5, 0.6) is 17.2 Å². The molecule has 0 radical (unpaired) electrons. The van der Waals surface area contributed by atoms with E-state index >= 15 is 0 Å². The van der Waals surface area contributed by atoms with Crippen molar-refractivity contribution in [2.45, 2.75) is 6.92 Å². The quantitative estimate of drug-likeness (QED) is 0.554. The Morgan fingerprint density at radius 3 is 1.64 bits per heavy atom. The number of rotatable bonds is 7. The van der Waals surface area contributed by atoms with Crippen LogP contribution in [-0.2, 0) is 0 Å². The molecule has 0 atom stereocenters. The Bertz CT molecular complexity index is 775.